The number of ketones is 2. The monoisotopic (exact) mass is 620 g/mol. The first-order chi connectivity index (χ1) is 20.9. The number of carbonyl (C=O) groups excluding carboxylic acids is 3. The van der Waals surface area contributed by atoms with Gasteiger partial charge in [0.05, 0.1) is 13.2 Å². The number of hydrogen-bond donors (Lipinski definition) is 0. The second-order valence-corrected chi connectivity index (χ2v) is 11.9. The summed E-state index contributed by atoms with van der Waals surface area (Å²) in [5.41, 5.74) is 0. The highest BCUT2D eigenvalue weighted by Gasteiger charge is 2.43. The van der Waals surface area contributed by atoms with Gasteiger partial charge in [0.2, 0.25) is 0 Å². The van der Waals surface area contributed by atoms with Crippen LogP contribution in [-0.4, -0.2) is 69.3 Å². The van der Waals surface area contributed by atoms with Crippen molar-refractivity contribution in [3.8, 4) is 5.75 Å². The predicted octanol–water partition coefficient (Wildman–Crippen LogP) is 6.00. The summed E-state index contributed by atoms with van der Waals surface area (Å²) in [5, 5.41) is 0.577. The first kappa shape index (κ1) is 33.6. The van der Waals surface area contributed by atoms with E-state index in [-0.39, 0.29) is 61.9 Å². The van der Waals surface area contributed by atoms with E-state index in [2.05, 4.69) is 4.74 Å². The summed E-state index contributed by atoms with van der Waals surface area (Å²) >= 11 is 6.14. The maximum atomic E-state index is 13.3. The molecule has 3 aliphatic rings. The van der Waals surface area contributed by atoms with Crippen molar-refractivity contribution in [2.45, 2.75) is 102 Å². The van der Waals surface area contributed by atoms with Crippen LogP contribution in [0.4, 0.5) is 0 Å². The van der Waals surface area contributed by atoms with E-state index in [1.165, 1.54) is 7.11 Å². The molecule has 0 spiro atoms. The Morgan fingerprint density at radius 2 is 1.79 bits per heavy atom. The van der Waals surface area contributed by atoms with Crippen LogP contribution in [0.2, 0.25) is 5.02 Å². The number of esters is 1. The van der Waals surface area contributed by atoms with Crippen LogP contribution in [-0.2, 0) is 38.1 Å². The van der Waals surface area contributed by atoms with Gasteiger partial charge in [0.1, 0.15) is 30.0 Å². The number of ether oxygens (including phenoxy) is 6. The number of halogens is 1. The largest absolute Gasteiger partial charge is 0.490 e. The van der Waals surface area contributed by atoms with Gasteiger partial charge in [0.25, 0.3) is 0 Å². The normalized spacial score (nSPS) is 26.8. The van der Waals surface area contributed by atoms with Crippen LogP contribution in [0.5, 0.6) is 5.75 Å². The van der Waals surface area contributed by atoms with Crippen LogP contribution in [0.25, 0.3) is 0 Å². The number of Topliss-reactive ketones (excluding diaryl/α,β-unsaturated/α-hetero) is 2. The van der Waals surface area contributed by atoms with E-state index in [0.29, 0.717) is 43.2 Å². The predicted molar refractivity (Wildman–Crippen MR) is 160 cm³/mol. The first-order valence-corrected chi connectivity index (χ1v) is 16.0. The molecule has 2 saturated heterocycles. The minimum atomic E-state index is -0.502. The molecule has 238 valence electrons. The third kappa shape index (κ3) is 11.3. The Morgan fingerprint density at radius 1 is 1.05 bits per heavy atom. The van der Waals surface area contributed by atoms with Crippen LogP contribution in [0.3, 0.4) is 0 Å². The smallest absolute Gasteiger partial charge is 0.305 e. The molecule has 2 unspecified atom stereocenters. The first-order valence-electron chi connectivity index (χ1n) is 15.6. The minimum Gasteiger partial charge on any atom is -0.490 e. The van der Waals surface area contributed by atoms with E-state index < -0.39 is 18.1 Å². The number of unbranched alkanes of at least 4 members (excludes halogenated alkanes) is 1. The van der Waals surface area contributed by atoms with Crippen LogP contribution in [0.1, 0.15) is 77.0 Å². The molecule has 1 saturated carbocycles. The lowest BCUT2D eigenvalue weighted by Gasteiger charge is -2.29. The van der Waals surface area contributed by atoms with E-state index in [1.54, 1.807) is 12.1 Å². The molecular weight excluding hydrogens is 576 g/mol. The summed E-state index contributed by atoms with van der Waals surface area (Å²) in [5.74, 6) is -0.463. The molecule has 6 atom stereocenters. The molecule has 0 radical (unpaired) electrons. The molecule has 43 heavy (non-hydrogen) atoms. The van der Waals surface area contributed by atoms with Gasteiger partial charge < -0.3 is 28.4 Å². The molecule has 9 nitrogen and oxygen atoms in total. The molecule has 1 aromatic carbocycles. The molecule has 1 aliphatic carbocycles. The molecule has 2 aliphatic heterocycles. The van der Waals surface area contributed by atoms with Crippen molar-refractivity contribution in [3.05, 3.63) is 41.4 Å². The average Bonchev–Trinajstić information content (AvgIpc) is 3.30. The third-order valence-corrected chi connectivity index (χ3v) is 8.39. The standard InChI is InChI=1S/C33H45ClO9/c1-38-31(37)12-3-2-10-24(35)20-28-27(30(21-29(28)36)43-33-14-5-7-18-40-33)16-15-26(42-32-13-4-6-17-39-32)22-41-25-11-8-9-23(34)19-25/h8-9,11,15-16,19,26-28,30,32-33H,2-7,10,12-14,17-18,20-22H2,1H3/t26-,27-,28-,30-,32?,33?/m1/s1. The van der Waals surface area contributed by atoms with Crippen LogP contribution < -0.4 is 4.74 Å². The third-order valence-electron chi connectivity index (χ3n) is 8.16. The fraction of sp³-hybridized carbons (Fsp3) is 0.667. The number of methoxy groups -OCH3 is 1. The summed E-state index contributed by atoms with van der Waals surface area (Å²) in [6.07, 6.45) is 10.0. The Kier molecular flexibility index (Phi) is 14.0. The van der Waals surface area contributed by atoms with E-state index >= 15 is 0 Å². The van der Waals surface area contributed by atoms with Crippen molar-refractivity contribution in [2.24, 2.45) is 11.8 Å². The van der Waals surface area contributed by atoms with Gasteiger partial charge in [-0.05, 0) is 69.6 Å². The SMILES string of the molecule is COC(=O)CCCCC(=O)C[C@H]1C(=O)C[C@@H](OC2CCCCO2)[C@@H]1C=C[C@H](COc1cccc(Cl)c1)OC1CCCCO1. The van der Waals surface area contributed by atoms with Gasteiger partial charge in [-0.3, -0.25) is 14.4 Å². The van der Waals surface area contributed by atoms with E-state index in [4.69, 9.17) is 35.3 Å². The molecule has 0 bridgehead atoms. The highest BCUT2D eigenvalue weighted by atomic mass is 35.5. The van der Waals surface area contributed by atoms with Gasteiger partial charge in [-0.15, -0.1) is 0 Å². The lowest BCUT2D eigenvalue weighted by atomic mass is 9.88. The maximum Gasteiger partial charge on any atom is 0.305 e. The van der Waals surface area contributed by atoms with Crippen LogP contribution in [0.15, 0.2) is 36.4 Å². The molecule has 4 rings (SSSR count). The Hall–Kier alpha value is -2.30. The molecular formula is C33H45ClO9. The summed E-state index contributed by atoms with van der Waals surface area (Å²) in [4.78, 5) is 37.6. The van der Waals surface area contributed by atoms with E-state index in [9.17, 15) is 14.4 Å². The molecule has 3 fully saturated rings. The molecule has 1 aromatic rings. The van der Waals surface area contributed by atoms with Gasteiger partial charge in [-0.2, -0.15) is 0 Å². The molecule has 0 aromatic heterocycles. The summed E-state index contributed by atoms with van der Waals surface area (Å²) in [6, 6.07) is 7.19. The average molecular weight is 621 g/mol. The number of rotatable bonds is 16. The van der Waals surface area contributed by atoms with Crippen molar-refractivity contribution in [1.82, 2.24) is 0 Å². The molecule has 0 N–H and O–H groups in total. The van der Waals surface area contributed by atoms with Crippen LogP contribution >= 0.6 is 11.6 Å². The Balaban J connectivity index is 1.46. The zero-order valence-corrected chi connectivity index (χ0v) is 25.8. The number of hydrogen-bond acceptors (Lipinski definition) is 9. The second-order valence-electron chi connectivity index (χ2n) is 11.5. The van der Waals surface area contributed by atoms with Crippen molar-refractivity contribution in [3.63, 3.8) is 0 Å². The highest BCUT2D eigenvalue weighted by Crippen LogP contribution is 2.37. The van der Waals surface area contributed by atoms with Gasteiger partial charge in [0.15, 0.2) is 12.6 Å². The Labute approximate surface area is 259 Å². The Morgan fingerprint density at radius 3 is 2.49 bits per heavy atom. The summed E-state index contributed by atoms with van der Waals surface area (Å²) in [7, 11) is 1.35. The van der Waals surface area contributed by atoms with E-state index in [1.807, 2.05) is 24.3 Å². The zero-order valence-electron chi connectivity index (χ0n) is 25.1. The van der Waals surface area contributed by atoms with Crippen molar-refractivity contribution < 1.29 is 42.8 Å². The van der Waals surface area contributed by atoms with Crippen molar-refractivity contribution in [1.29, 1.82) is 0 Å². The minimum absolute atomic E-state index is 0.00359. The van der Waals surface area contributed by atoms with Crippen molar-refractivity contribution >= 4 is 29.1 Å². The lowest BCUT2D eigenvalue weighted by molar-refractivity contribution is -0.192. The highest BCUT2D eigenvalue weighted by molar-refractivity contribution is 6.30. The maximum absolute atomic E-state index is 13.3. The topological polar surface area (TPSA) is 107 Å². The fourth-order valence-electron chi connectivity index (χ4n) is 5.80. The second kappa shape index (κ2) is 17.9. The van der Waals surface area contributed by atoms with Gasteiger partial charge in [-0.1, -0.05) is 29.8 Å². The van der Waals surface area contributed by atoms with E-state index in [0.717, 1.165) is 38.5 Å². The quantitative estimate of drug-likeness (QED) is 0.125. The lowest BCUT2D eigenvalue weighted by Crippen LogP contribution is -2.32. The van der Waals surface area contributed by atoms with Crippen molar-refractivity contribution in [2.75, 3.05) is 26.9 Å². The number of carbonyl (C=O) groups is 3. The van der Waals surface area contributed by atoms with Crippen LogP contribution in [0, 0.1) is 11.8 Å². The number of benzene rings is 1. The Bertz CT molecular complexity index is 1060. The zero-order chi connectivity index (χ0) is 30.4. The van der Waals surface area contributed by atoms with Gasteiger partial charge in [-0.25, -0.2) is 0 Å². The molecule has 10 heteroatoms. The molecule has 2 heterocycles. The summed E-state index contributed by atoms with van der Waals surface area (Å²) < 4.78 is 35.0. The van der Waals surface area contributed by atoms with Gasteiger partial charge >= 0.3 is 5.97 Å². The molecule has 0 amide bonds. The van der Waals surface area contributed by atoms with Gasteiger partial charge in [0, 0.05) is 55.8 Å². The summed E-state index contributed by atoms with van der Waals surface area (Å²) in [6.45, 7) is 1.50. The fourth-order valence-corrected chi connectivity index (χ4v) is 5.98.